The molecule has 1 atom stereocenters. The summed E-state index contributed by atoms with van der Waals surface area (Å²) in [5.74, 6) is 3.03. The number of benzene rings is 3. The van der Waals surface area contributed by atoms with E-state index in [1.54, 1.807) is 66.9 Å². The van der Waals surface area contributed by atoms with Crippen LogP contribution in [0.2, 0.25) is 0 Å². The van der Waals surface area contributed by atoms with Gasteiger partial charge in [-0.05, 0) is 24.1 Å². The zero-order valence-electron chi connectivity index (χ0n) is 19.7. The van der Waals surface area contributed by atoms with Gasteiger partial charge in [-0.3, -0.25) is 0 Å². The van der Waals surface area contributed by atoms with E-state index >= 15 is 0 Å². The molecule has 33 heavy (non-hydrogen) atoms. The van der Waals surface area contributed by atoms with E-state index in [-0.39, 0.29) is 11.7 Å². The maximum atomic E-state index is 13.8. The van der Waals surface area contributed by atoms with Gasteiger partial charge in [0.05, 0.1) is 42.7 Å². The third-order valence-electron chi connectivity index (χ3n) is 5.60. The lowest BCUT2D eigenvalue weighted by Gasteiger charge is -2.25. The minimum Gasteiger partial charge on any atom is -0.496 e. The van der Waals surface area contributed by atoms with Crippen LogP contribution in [0.5, 0.6) is 34.5 Å². The van der Waals surface area contributed by atoms with Crippen molar-refractivity contribution in [3.8, 4) is 34.5 Å². The van der Waals surface area contributed by atoms with E-state index in [2.05, 4.69) is 0 Å². The molecular formula is C26H29FO6. The van der Waals surface area contributed by atoms with E-state index in [4.69, 9.17) is 28.4 Å². The number of hydrogen-bond donors (Lipinski definition) is 0. The average molecular weight is 457 g/mol. The van der Waals surface area contributed by atoms with Crippen LogP contribution in [-0.2, 0) is 6.42 Å². The van der Waals surface area contributed by atoms with Crippen LogP contribution < -0.4 is 28.4 Å². The van der Waals surface area contributed by atoms with Crippen molar-refractivity contribution in [2.24, 2.45) is 0 Å². The molecule has 1 unspecified atom stereocenters. The Bertz CT molecular complexity index is 1030. The quantitative estimate of drug-likeness (QED) is 0.415. The third-order valence-corrected chi connectivity index (χ3v) is 5.60. The summed E-state index contributed by atoms with van der Waals surface area (Å²) >= 11 is 0. The summed E-state index contributed by atoms with van der Waals surface area (Å²) in [7, 11) is 9.54. The summed E-state index contributed by atoms with van der Waals surface area (Å²) in [6.45, 7) is 0. The monoisotopic (exact) mass is 456 g/mol. The van der Waals surface area contributed by atoms with Crippen LogP contribution in [-0.4, -0.2) is 42.7 Å². The van der Waals surface area contributed by atoms with E-state index in [0.29, 0.717) is 40.9 Å². The summed E-state index contributed by atoms with van der Waals surface area (Å²) < 4.78 is 47.4. The molecule has 0 aromatic heterocycles. The normalized spacial score (nSPS) is 11.5. The van der Waals surface area contributed by atoms with Crippen molar-refractivity contribution in [1.82, 2.24) is 0 Å². The summed E-state index contributed by atoms with van der Waals surface area (Å²) in [4.78, 5) is 0. The number of hydrogen-bond acceptors (Lipinski definition) is 6. The molecule has 176 valence electrons. The van der Waals surface area contributed by atoms with Gasteiger partial charge in [0.1, 0.15) is 40.3 Å². The molecule has 0 aliphatic carbocycles. The maximum absolute atomic E-state index is 13.8. The smallest absolute Gasteiger partial charge is 0.130 e. The molecular weight excluding hydrogens is 427 g/mol. The topological polar surface area (TPSA) is 55.4 Å². The lowest BCUT2D eigenvalue weighted by molar-refractivity contribution is 0.360. The Hall–Kier alpha value is -3.61. The number of methoxy groups -OCH3 is 6. The molecule has 0 radical (unpaired) electrons. The van der Waals surface area contributed by atoms with Crippen molar-refractivity contribution < 1.29 is 32.8 Å². The van der Waals surface area contributed by atoms with Gasteiger partial charge in [0.15, 0.2) is 0 Å². The first-order valence-corrected chi connectivity index (χ1v) is 10.3. The first-order chi connectivity index (χ1) is 16.0. The molecule has 0 saturated heterocycles. The Morgan fingerprint density at radius 2 is 1.03 bits per heavy atom. The second-order valence-electron chi connectivity index (χ2n) is 7.26. The fourth-order valence-corrected chi connectivity index (χ4v) is 3.94. The molecule has 0 heterocycles. The highest BCUT2D eigenvalue weighted by atomic mass is 19.1. The zero-order valence-corrected chi connectivity index (χ0v) is 19.7. The molecule has 0 fully saturated rings. The van der Waals surface area contributed by atoms with E-state index in [9.17, 15) is 4.39 Å². The first-order valence-electron chi connectivity index (χ1n) is 10.3. The molecule has 0 saturated carbocycles. The maximum Gasteiger partial charge on any atom is 0.130 e. The Morgan fingerprint density at radius 3 is 1.42 bits per heavy atom. The lowest BCUT2D eigenvalue weighted by Crippen LogP contribution is -2.11. The molecule has 6 nitrogen and oxygen atoms in total. The fourth-order valence-electron chi connectivity index (χ4n) is 3.94. The van der Waals surface area contributed by atoms with Crippen molar-refractivity contribution in [2.45, 2.75) is 12.3 Å². The van der Waals surface area contributed by atoms with Crippen molar-refractivity contribution in [3.63, 3.8) is 0 Å². The van der Waals surface area contributed by atoms with Gasteiger partial charge in [0.25, 0.3) is 0 Å². The molecule has 0 aliphatic rings. The van der Waals surface area contributed by atoms with Crippen LogP contribution in [0.4, 0.5) is 4.39 Å². The van der Waals surface area contributed by atoms with Gasteiger partial charge in [-0.1, -0.05) is 12.1 Å². The van der Waals surface area contributed by atoms with Crippen LogP contribution in [0.15, 0.2) is 48.5 Å². The van der Waals surface area contributed by atoms with E-state index in [1.807, 2.05) is 12.1 Å². The van der Waals surface area contributed by atoms with Crippen molar-refractivity contribution in [1.29, 1.82) is 0 Å². The highest BCUT2D eigenvalue weighted by molar-refractivity contribution is 5.58. The van der Waals surface area contributed by atoms with E-state index in [0.717, 1.165) is 16.7 Å². The fraction of sp³-hybridized carbons (Fsp3) is 0.308. The van der Waals surface area contributed by atoms with Gasteiger partial charge in [-0.2, -0.15) is 0 Å². The third kappa shape index (κ3) is 5.08. The number of rotatable bonds is 10. The van der Waals surface area contributed by atoms with Gasteiger partial charge in [-0.25, -0.2) is 4.39 Å². The first kappa shape index (κ1) is 24.0. The average Bonchev–Trinajstić information content (AvgIpc) is 2.86. The summed E-state index contributed by atoms with van der Waals surface area (Å²) in [6.07, 6.45) is 0.459. The summed E-state index contributed by atoms with van der Waals surface area (Å²) in [5, 5.41) is 0. The molecule has 0 N–H and O–H groups in total. The minimum atomic E-state index is -0.314. The summed E-state index contributed by atoms with van der Waals surface area (Å²) in [5.41, 5.74) is 2.50. The minimum absolute atomic E-state index is 0.280. The molecule has 3 aromatic rings. The van der Waals surface area contributed by atoms with Gasteiger partial charge in [0.2, 0.25) is 0 Å². The Kier molecular flexibility index (Phi) is 7.87. The number of ether oxygens (including phenoxy) is 6. The summed E-state index contributed by atoms with van der Waals surface area (Å²) in [6, 6.07) is 13.6. The molecule has 3 aromatic carbocycles. The van der Waals surface area contributed by atoms with E-state index < -0.39 is 0 Å². The zero-order chi connectivity index (χ0) is 24.0. The standard InChI is InChI=1S/C26H29FO6/c1-28-18-11-22(30-3)21(23(12-18)31-4)15-20(16-7-9-17(27)10-8-16)26-24(32-5)13-19(29-2)14-25(26)33-6/h7-14,20H,15H2,1-6H3. The van der Waals surface area contributed by atoms with Crippen LogP contribution in [0.3, 0.4) is 0 Å². The van der Waals surface area contributed by atoms with E-state index in [1.165, 1.54) is 12.1 Å². The van der Waals surface area contributed by atoms with Gasteiger partial charge >= 0.3 is 0 Å². The largest absolute Gasteiger partial charge is 0.496 e. The Labute approximate surface area is 193 Å². The van der Waals surface area contributed by atoms with Crippen molar-refractivity contribution in [2.75, 3.05) is 42.7 Å². The Morgan fingerprint density at radius 1 is 0.606 bits per heavy atom. The van der Waals surface area contributed by atoms with Gasteiger partial charge in [-0.15, -0.1) is 0 Å². The molecule has 7 heteroatoms. The van der Waals surface area contributed by atoms with Crippen LogP contribution in [0.1, 0.15) is 22.6 Å². The second kappa shape index (κ2) is 10.8. The van der Waals surface area contributed by atoms with Gasteiger partial charge < -0.3 is 28.4 Å². The molecule has 3 rings (SSSR count). The molecule has 0 amide bonds. The highest BCUT2D eigenvalue weighted by Gasteiger charge is 2.27. The molecule has 0 spiro atoms. The van der Waals surface area contributed by atoms with Crippen molar-refractivity contribution >= 4 is 0 Å². The van der Waals surface area contributed by atoms with Crippen LogP contribution in [0, 0.1) is 5.82 Å². The second-order valence-corrected chi connectivity index (χ2v) is 7.26. The van der Waals surface area contributed by atoms with Crippen LogP contribution in [0.25, 0.3) is 0 Å². The Balaban J connectivity index is 2.26. The number of halogens is 1. The van der Waals surface area contributed by atoms with Gasteiger partial charge in [0, 0.05) is 41.3 Å². The molecule has 0 bridgehead atoms. The SMILES string of the molecule is COc1cc(OC)c(CC(c2ccc(F)cc2)c2c(OC)cc(OC)cc2OC)c(OC)c1. The lowest BCUT2D eigenvalue weighted by atomic mass is 9.84. The molecule has 0 aliphatic heterocycles. The highest BCUT2D eigenvalue weighted by Crippen LogP contribution is 2.46. The predicted octanol–water partition coefficient (Wildman–Crippen LogP) is 5.25. The van der Waals surface area contributed by atoms with Crippen molar-refractivity contribution in [3.05, 3.63) is 71.0 Å². The van der Waals surface area contributed by atoms with Crippen LogP contribution >= 0.6 is 0 Å². The predicted molar refractivity (Wildman–Crippen MR) is 124 cm³/mol.